The van der Waals surface area contributed by atoms with Crippen LogP contribution in [0.15, 0.2) is 0 Å². The van der Waals surface area contributed by atoms with Crippen molar-refractivity contribution in [3.05, 3.63) is 0 Å². The molecule has 0 spiro atoms. The zero-order valence-corrected chi connectivity index (χ0v) is 7.81. The summed E-state index contributed by atoms with van der Waals surface area (Å²) in [4.78, 5) is 0. The summed E-state index contributed by atoms with van der Waals surface area (Å²) in [5, 5.41) is 0. The Balaban J connectivity index is 2.21. The minimum absolute atomic E-state index is 0.860. The Hall–Kier alpha value is -0.0400. The van der Waals surface area contributed by atoms with Crippen molar-refractivity contribution >= 4 is 0 Å². The first-order valence-corrected chi connectivity index (χ1v) is 4.85. The summed E-state index contributed by atoms with van der Waals surface area (Å²) in [5.74, 6) is 1.85. The van der Waals surface area contributed by atoms with Crippen LogP contribution < -0.4 is 0 Å². The van der Waals surface area contributed by atoms with Crippen molar-refractivity contribution in [3.8, 4) is 0 Å². The van der Waals surface area contributed by atoms with Crippen LogP contribution in [-0.4, -0.2) is 13.7 Å². The third-order valence-corrected chi connectivity index (χ3v) is 2.87. The molecule has 1 fully saturated rings. The molecule has 1 rings (SSSR count). The van der Waals surface area contributed by atoms with E-state index in [-0.39, 0.29) is 0 Å². The molecule has 2 atom stereocenters. The molecule has 0 amide bonds. The fraction of sp³-hybridized carbons (Fsp3) is 1.00. The highest BCUT2D eigenvalue weighted by Crippen LogP contribution is 2.30. The van der Waals surface area contributed by atoms with Gasteiger partial charge in [-0.05, 0) is 24.7 Å². The Labute approximate surface area is 70.1 Å². The van der Waals surface area contributed by atoms with Crippen LogP contribution in [0.25, 0.3) is 0 Å². The lowest BCUT2D eigenvalue weighted by Crippen LogP contribution is -2.18. The van der Waals surface area contributed by atoms with Gasteiger partial charge in [-0.1, -0.05) is 26.2 Å². The molecule has 1 heteroatoms. The quantitative estimate of drug-likeness (QED) is 0.610. The van der Waals surface area contributed by atoms with E-state index in [9.17, 15) is 0 Å². The Morgan fingerprint density at radius 1 is 1.27 bits per heavy atom. The van der Waals surface area contributed by atoms with Gasteiger partial charge in [-0.3, -0.25) is 0 Å². The van der Waals surface area contributed by atoms with Gasteiger partial charge in [-0.15, -0.1) is 0 Å². The van der Waals surface area contributed by atoms with E-state index in [1.54, 1.807) is 0 Å². The summed E-state index contributed by atoms with van der Waals surface area (Å²) < 4.78 is 5.17. The van der Waals surface area contributed by atoms with Crippen LogP contribution in [0.2, 0.25) is 0 Å². The maximum atomic E-state index is 5.17. The van der Waals surface area contributed by atoms with Gasteiger partial charge < -0.3 is 4.74 Å². The van der Waals surface area contributed by atoms with Crippen molar-refractivity contribution in [1.82, 2.24) is 0 Å². The minimum Gasteiger partial charge on any atom is -0.384 e. The number of methoxy groups -OCH3 is 1. The summed E-state index contributed by atoms with van der Waals surface area (Å²) in [5.41, 5.74) is 0. The van der Waals surface area contributed by atoms with Gasteiger partial charge in [0.2, 0.25) is 0 Å². The Morgan fingerprint density at radius 3 is 2.64 bits per heavy atom. The summed E-state index contributed by atoms with van der Waals surface area (Å²) in [6.45, 7) is 3.29. The van der Waals surface area contributed by atoms with Gasteiger partial charge in [-0.2, -0.15) is 0 Å². The van der Waals surface area contributed by atoms with E-state index in [1.165, 1.54) is 32.1 Å². The molecule has 1 nitrogen and oxygen atoms in total. The Bertz CT molecular complexity index is 99.0. The second-order valence-corrected chi connectivity index (χ2v) is 3.76. The highest BCUT2D eigenvalue weighted by Gasteiger charge is 2.19. The third kappa shape index (κ3) is 2.82. The summed E-state index contributed by atoms with van der Waals surface area (Å²) >= 11 is 0. The number of ether oxygens (including phenoxy) is 1. The number of rotatable bonds is 3. The molecule has 0 bridgehead atoms. The van der Waals surface area contributed by atoms with Crippen molar-refractivity contribution in [2.24, 2.45) is 11.8 Å². The molecule has 0 aromatic rings. The monoisotopic (exact) mass is 156 g/mol. The molecular formula is C10H20O. The molecule has 2 unspecified atom stereocenters. The molecular weight excluding hydrogens is 136 g/mol. The van der Waals surface area contributed by atoms with Crippen LogP contribution in [0, 0.1) is 11.8 Å². The van der Waals surface area contributed by atoms with Crippen molar-refractivity contribution < 1.29 is 4.74 Å². The van der Waals surface area contributed by atoms with Gasteiger partial charge in [0.05, 0.1) is 0 Å². The summed E-state index contributed by atoms with van der Waals surface area (Å²) in [7, 11) is 1.82. The lowest BCUT2D eigenvalue weighted by atomic mass is 9.81. The molecule has 0 aromatic carbocycles. The van der Waals surface area contributed by atoms with Crippen LogP contribution in [0.3, 0.4) is 0 Å². The van der Waals surface area contributed by atoms with Gasteiger partial charge in [0.1, 0.15) is 0 Å². The Kier molecular flexibility index (Phi) is 3.92. The fourth-order valence-corrected chi connectivity index (χ4v) is 2.16. The molecule has 0 N–H and O–H groups in total. The maximum Gasteiger partial charge on any atom is 0.0490 e. The third-order valence-electron chi connectivity index (χ3n) is 2.87. The number of hydrogen-bond acceptors (Lipinski definition) is 1. The van der Waals surface area contributed by atoms with Crippen LogP contribution in [0.5, 0.6) is 0 Å². The first kappa shape index (κ1) is 9.05. The highest BCUT2D eigenvalue weighted by atomic mass is 16.5. The van der Waals surface area contributed by atoms with E-state index in [4.69, 9.17) is 4.74 Å². The average Bonchev–Trinajstić information content (AvgIpc) is 2.06. The van der Waals surface area contributed by atoms with Gasteiger partial charge in [0.25, 0.3) is 0 Å². The first-order chi connectivity index (χ1) is 5.36. The van der Waals surface area contributed by atoms with Crippen molar-refractivity contribution in [2.75, 3.05) is 13.7 Å². The molecule has 0 heterocycles. The predicted molar refractivity (Wildman–Crippen MR) is 47.6 cm³/mol. The van der Waals surface area contributed by atoms with E-state index >= 15 is 0 Å². The predicted octanol–water partition coefficient (Wildman–Crippen LogP) is 2.85. The highest BCUT2D eigenvalue weighted by molar-refractivity contribution is 4.71. The SMILES string of the molecule is CCC1CCCC(COC)C1. The molecule has 0 radical (unpaired) electrons. The van der Waals surface area contributed by atoms with E-state index in [0.717, 1.165) is 18.4 Å². The van der Waals surface area contributed by atoms with Gasteiger partial charge in [-0.25, -0.2) is 0 Å². The van der Waals surface area contributed by atoms with E-state index in [1.807, 2.05) is 7.11 Å². The standard InChI is InChI=1S/C10H20O/c1-3-9-5-4-6-10(7-9)8-11-2/h9-10H,3-8H2,1-2H3. The van der Waals surface area contributed by atoms with Gasteiger partial charge in [0, 0.05) is 13.7 Å². The maximum absolute atomic E-state index is 5.17. The average molecular weight is 156 g/mol. The topological polar surface area (TPSA) is 9.23 Å². The zero-order chi connectivity index (χ0) is 8.10. The first-order valence-electron chi connectivity index (χ1n) is 4.85. The molecule has 66 valence electrons. The molecule has 0 aliphatic heterocycles. The lowest BCUT2D eigenvalue weighted by molar-refractivity contribution is 0.113. The fourth-order valence-electron chi connectivity index (χ4n) is 2.16. The molecule has 11 heavy (non-hydrogen) atoms. The zero-order valence-electron chi connectivity index (χ0n) is 7.81. The summed E-state index contributed by atoms with van der Waals surface area (Å²) in [6.07, 6.45) is 7.04. The van der Waals surface area contributed by atoms with Crippen LogP contribution in [0.1, 0.15) is 39.0 Å². The molecule has 0 saturated heterocycles. The lowest BCUT2D eigenvalue weighted by Gasteiger charge is -2.27. The smallest absolute Gasteiger partial charge is 0.0490 e. The minimum atomic E-state index is 0.860. The normalized spacial score (nSPS) is 32.2. The second-order valence-electron chi connectivity index (χ2n) is 3.76. The van der Waals surface area contributed by atoms with Crippen molar-refractivity contribution in [2.45, 2.75) is 39.0 Å². The van der Waals surface area contributed by atoms with E-state index < -0.39 is 0 Å². The molecule has 0 aromatic heterocycles. The number of hydrogen-bond donors (Lipinski definition) is 0. The van der Waals surface area contributed by atoms with Crippen molar-refractivity contribution in [1.29, 1.82) is 0 Å². The molecule has 1 saturated carbocycles. The van der Waals surface area contributed by atoms with Crippen molar-refractivity contribution in [3.63, 3.8) is 0 Å². The second kappa shape index (κ2) is 4.76. The van der Waals surface area contributed by atoms with Crippen LogP contribution in [-0.2, 0) is 4.74 Å². The molecule has 1 aliphatic rings. The van der Waals surface area contributed by atoms with E-state index in [0.29, 0.717) is 0 Å². The Morgan fingerprint density at radius 2 is 2.00 bits per heavy atom. The van der Waals surface area contributed by atoms with Gasteiger partial charge >= 0.3 is 0 Å². The van der Waals surface area contributed by atoms with Gasteiger partial charge in [0.15, 0.2) is 0 Å². The summed E-state index contributed by atoms with van der Waals surface area (Å²) in [6, 6.07) is 0. The van der Waals surface area contributed by atoms with Crippen LogP contribution in [0.4, 0.5) is 0 Å². The molecule has 1 aliphatic carbocycles. The van der Waals surface area contributed by atoms with Crippen LogP contribution >= 0.6 is 0 Å². The van der Waals surface area contributed by atoms with E-state index in [2.05, 4.69) is 6.92 Å². The largest absolute Gasteiger partial charge is 0.384 e.